The van der Waals surface area contributed by atoms with Gasteiger partial charge in [-0.3, -0.25) is 4.98 Å². The number of rotatable bonds is 5. The van der Waals surface area contributed by atoms with Crippen molar-refractivity contribution in [2.24, 2.45) is 7.05 Å². The molecule has 5 nitrogen and oxygen atoms in total. The molecule has 4 heterocycles. The maximum atomic E-state index is 13.6. The number of aromatic nitrogens is 4. The molecule has 0 aliphatic rings. The van der Waals surface area contributed by atoms with Gasteiger partial charge in [0.2, 0.25) is 0 Å². The first-order valence-corrected chi connectivity index (χ1v) is 12.3. The number of nitrogens with zero attached hydrogens (tertiary/aromatic N) is 4. The topological polar surface area (TPSA) is 47.7 Å². The van der Waals surface area contributed by atoms with Crippen LogP contribution in [0.15, 0.2) is 97.3 Å². The molecule has 3 aromatic carbocycles. The van der Waals surface area contributed by atoms with E-state index in [2.05, 4.69) is 82.2 Å². The number of hydrogen-bond donors (Lipinski definition) is 1. The van der Waals surface area contributed by atoms with Crippen LogP contribution in [0.5, 0.6) is 0 Å². The van der Waals surface area contributed by atoms with E-state index >= 15 is 0 Å². The zero-order valence-corrected chi connectivity index (χ0v) is 20.3. The number of fused-ring (bicyclic) bond motifs is 6. The third-order valence-electron chi connectivity index (χ3n) is 7.25. The van der Waals surface area contributed by atoms with Crippen LogP contribution in [0.2, 0.25) is 0 Å². The van der Waals surface area contributed by atoms with E-state index in [1.165, 1.54) is 33.8 Å². The van der Waals surface area contributed by atoms with Crippen molar-refractivity contribution in [1.82, 2.24) is 19.1 Å². The zero-order chi connectivity index (χ0) is 24.9. The molecule has 4 aromatic heterocycles. The van der Waals surface area contributed by atoms with Gasteiger partial charge in [0, 0.05) is 58.6 Å². The predicted octanol–water partition coefficient (Wildman–Crippen LogP) is 7.03. The van der Waals surface area contributed by atoms with Crippen LogP contribution >= 0.6 is 0 Å². The highest BCUT2D eigenvalue weighted by molar-refractivity contribution is 6.11. The van der Waals surface area contributed by atoms with Gasteiger partial charge in [-0.1, -0.05) is 48.5 Å². The number of benzene rings is 3. The summed E-state index contributed by atoms with van der Waals surface area (Å²) < 4.78 is 18.1. The second-order valence-corrected chi connectivity index (χ2v) is 9.37. The molecule has 7 rings (SSSR count). The molecule has 1 N–H and O–H groups in total. The molecule has 180 valence electrons. The summed E-state index contributed by atoms with van der Waals surface area (Å²) in [5, 5.41) is 8.30. The highest BCUT2D eigenvalue weighted by Crippen LogP contribution is 2.33. The van der Waals surface area contributed by atoms with Crippen molar-refractivity contribution in [3.63, 3.8) is 0 Å². The Hall–Kier alpha value is -4.71. The van der Waals surface area contributed by atoms with Crippen LogP contribution in [-0.2, 0) is 20.1 Å². The fraction of sp³-hybridized carbons (Fsp3) is 0.0968. The maximum absolute atomic E-state index is 13.6. The largest absolute Gasteiger partial charge is 0.363 e. The number of anilines is 1. The summed E-state index contributed by atoms with van der Waals surface area (Å²) >= 11 is 0. The second-order valence-electron chi connectivity index (χ2n) is 9.37. The first kappa shape index (κ1) is 21.6. The summed E-state index contributed by atoms with van der Waals surface area (Å²) in [5.41, 5.74) is 6.42. The Morgan fingerprint density at radius 3 is 2.14 bits per heavy atom. The predicted molar refractivity (Wildman–Crippen MR) is 148 cm³/mol. The van der Waals surface area contributed by atoms with Crippen molar-refractivity contribution in [2.45, 2.75) is 13.1 Å². The van der Waals surface area contributed by atoms with Gasteiger partial charge in [-0.05, 0) is 42.0 Å². The van der Waals surface area contributed by atoms with E-state index in [-0.39, 0.29) is 5.82 Å². The average Bonchev–Trinajstić information content (AvgIpc) is 3.42. The van der Waals surface area contributed by atoms with Gasteiger partial charge in [-0.2, -0.15) is 0 Å². The summed E-state index contributed by atoms with van der Waals surface area (Å²) in [6.07, 6.45) is 3.73. The summed E-state index contributed by atoms with van der Waals surface area (Å²) in [6, 6.07) is 27.7. The first-order valence-electron chi connectivity index (χ1n) is 12.3. The summed E-state index contributed by atoms with van der Waals surface area (Å²) in [6.45, 7) is 1.14. The highest BCUT2D eigenvalue weighted by Gasteiger charge is 2.17. The van der Waals surface area contributed by atoms with Gasteiger partial charge in [0.15, 0.2) is 5.82 Å². The Morgan fingerprint density at radius 2 is 1.35 bits per heavy atom. The van der Waals surface area contributed by atoms with Gasteiger partial charge in [0.05, 0.1) is 23.3 Å². The molecule has 0 saturated carbocycles. The molecule has 0 fully saturated rings. The Kier molecular flexibility index (Phi) is 4.92. The molecule has 0 spiro atoms. The fourth-order valence-electron chi connectivity index (χ4n) is 5.56. The lowest BCUT2D eigenvalue weighted by Crippen LogP contribution is -2.08. The van der Waals surface area contributed by atoms with Crippen LogP contribution in [0.4, 0.5) is 10.2 Å². The highest BCUT2D eigenvalue weighted by atomic mass is 19.1. The summed E-state index contributed by atoms with van der Waals surface area (Å²) in [5.74, 6) is 0.601. The van der Waals surface area contributed by atoms with Crippen LogP contribution in [0.1, 0.15) is 11.3 Å². The molecule has 0 aliphatic carbocycles. The lowest BCUT2D eigenvalue weighted by Gasteiger charge is -2.12. The van der Waals surface area contributed by atoms with Crippen LogP contribution in [0.25, 0.3) is 43.6 Å². The number of hydrogen-bond acceptors (Lipinski definition) is 3. The van der Waals surface area contributed by atoms with Crippen molar-refractivity contribution in [2.75, 3.05) is 5.32 Å². The number of nitrogens with one attached hydrogen (secondary N) is 1. The molecule has 7 aromatic rings. The van der Waals surface area contributed by atoms with E-state index in [1.54, 1.807) is 0 Å². The molecule has 0 amide bonds. The minimum atomic E-state index is -0.229. The number of aryl methyl sites for hydroxylation is 1. The van der Waals surface area contributed by atoms with Crippen molar-refractivity contribution in [3.8, 4) is 0 Å². The second kappa shape index (κ2) is 8.45. The molecule has 0 radical (unpaired) electrons. The number of pyridine rings is 2. The van der Waals surface area contributed by atoms with Crippen LogP contribution in [0, 0.1) is 5.82 Å². The average molecular weight is 486 g/mol. The molecular formula is C31H24FN5. The lowest BCUT2D eigenvalue weighted by molar-refractivity contribution is 0.626. The van der Waals surface area contributed by atoms with E-state index < -0.39 is 0 Å². The van der Waals surface area contributed by atoms with Crippen molar-refractivity contribution in [3.05, 3.63) is 114 Å². The summed E-state index contributed by atoms with van der Waals surface area (Å²) in [7, 11) is 2.08. The summed E-state index contributed by atoms with van der Waals surface area (Å²) in [4.78, 5) is 9.50. The molecule has 0 unspecified atom stereocenters. The Labute approximate surface area is 212 Å². The molecule has 37 heavy (non-hydrogen) atoms. The van der Waals surface area contributed by atoms with E-state index in [1.807, 2.05) is 24.5 Å². The van der Waals surface area contributed by atoms with Crippen molar-refractivity contribution in [1.29, 1.82) is 0 Å². The van der Waals surface area contributed by atoms with Gasteiger partial charge in [0.1, 0.15) is 5.82 Å². The smallest absolute Gasteiger partial charge is 0.150 e. The molecular weight excluding hydrogens is 461 g/mol. The lowest BCUT2D eigenvalue weighted by atomic mass is 10.1. The van der Waals surface area contributed by atoms with E-state index in [4.69, 9.17) is 9.97 Å². The van der Waals surface area contributed by atoms with Gasteiger partial charge >= 0.3 is 0 Å². The third-order valence-corrected chi connectivity index (χ3v) is 7.25. The molecule has 0 saturated heterocycles. The van der Waals surface area contributed by atoms with Crippen molar-refractivity contribution < 1.29 is 4.39 Å². The van der Waals surface area contributed by atoms with E-state index in [9.17, 15) is 4.39 Å². The van der Waals surface area contributed by atoms with E-state index in [0.29, 0.717) is 13.1 Å². The quantitative estimate of drug-likeness (QED) is 0.285. The minimum Gasteiger partial charge on any atom is -0.363 e. The van der Waals surface area contributed by atoms with Crippen LogP contribution in [-0.4, -0.2) is 19.1 Å². The maximum Gasteiger partial charge on any atom is 0.150 e. The zero-order valence-electron chi connectivity index (χ0n) is 20.3. The van der Waals surface area contributed by atoms with Crippen LogP contribution in [0.3, 0.4) is 0 Å². The fourth-order valence-corrected chi connectivity index (χ4v) is 5.56. The van der Waals surface area contributed by atoms with Gasteiger partial charge in [-0.15, -0.1) is 0 Å². The number of halogens is 1. The van der Waals surface area contributed by atoms with Gasteiger partial charge < -0.3 is 14.5 Å². The standard InChI is InChI=1S/C31H24FN5/c1-36-27-8-4-2-6-22(27)25-15-17-34-31(30(25)36)35-18-26-29-24(14-16-33-26)23-7-3-5-9-28(23)37(29)19-20-10-12-21(32)13-11-20/h2-17H,18-19H2,1H3,(H,34,35). The molecule has 0 bridgehead atoms. The molecule has 6 heteroatoms. The Balaban J connectivity index is 1.35. The normalized spacial score (nSPS) is 11.7. The first-order chi connectivity index (χ1) is 18.2. The monoisotopic (exact) mass is 485 g/mol. The Morgan fingerprint density at radius 1 is 0.703 bits per heavy atom. The van der Waals surface area contributed by atoms with Gasteiger partial charge in [-0.25, -0.2) is 9.37 Å². The molecule has 0 atom stereocenters. The Bertz CT molecular complexity index is 1930. The third kappa shape index (κ3) is 3.44. The minimum absolute atomic E-state index is 0.229. The molecule has 0 aliphatic heterocycles. The SMILES string of the molecule is Cn1c2ccccc2c2ccnc(NCc3nccc4c5ccccc5n(Cc5ccc(F)cc5)c34)c21. The van der Waals surface area contributed by atoms with E-state index in [0.717, 1.165) is 39.0 Å². The van der Waals surface area contributed by atoms with Crippen LogP contribution < -0.4 is 5.32 Å². The van der Waals surface area contributed by atoms with Gasteiger partial charge in [0.25, 0.3) is 0 Å². The van der Waals surface area contributed by atoms with Crippen molar-refractivity contribution >= 4 is 49.4 Å². The number of para-hydroxylation sites is 2.